The number of anilines is 1. The molecular formula is C22H13ClF3N3O2S. The summed E-state index contributed by atoms with van der Waals surface area (Å²) in [6.07, 6.45) is 0. The monoisotopic (exact) mass is 475 g/mol. The van der Waals surface area contributed by atoms with Gasteiger partial charge in [-0.15, -0.1) is 0 Å². The van der Waals surface area contributed by atoms with Crippen LogP contribution in [0.15, 0.2) is 70.6 Å². The third kappa shape index (κ3) is 4.49. The topological polar surface area (TPSA) is 64.0 Å². The first-order chi connectivity index (χ1) is 15.3. The third-order valence-corrected chi connectivity index (χ3v) is 5.66. The van der Waals surface area contributed by atoms with Crippen molar-refractivity contribution in [2.24, 2.45) is 0 Å². The smallest absolute Gasteiger partial charge is 0.266 e. The number of thioether (sulfide) groups is 1. The summed E-state index contributed by atoms with van der Waals surface area (Å²) in [5.74, 6) is -3.03. The van der Waals surface area contributed by atoms with E-state index < -0.39 is 28.9 Å². The van der Waals surface area contributed by atoms with Crippen molar-refractivity contribution in [1.82, 2.24) is 9.55 Å². The Bertz CT molecular complexity index is 1410. The van der Waals surface area contributed by atoms with Gasteiger partial charge in [-0.1, -0.05) is 35.5 Å². The van der Waals surface area contributed by atoms with E-state index in [9.17, 15) is 22.8 Å². The Morgan fingerprint density at radius 1 is 1.03 bits per heavy atom. The van der Waals surface area contributed by atoms with Gasteiger partial charge < -0.3 is 5.32 Å². The van der Waals surface area contributed by atoms with Crippen LogP contribution in [-0.4, -0.2) is 21.2 Å². The average Bonchev–Trinajstić information content (AvgIpc) is 2.76. The molecule has 32 heavy (non-hydrogen) atoms. The van der Waals surface area contributed by atoms with Crippen LogP contribution in [0, 0.1) is 17.5 Å². The molecule has 0 unspecified atom stereocenters. The first kappa shape index (κ1) is 21.9. The molecule has 0 saturated carbocycles. The largest absolute Gasteiger partial charge is 0.325 e. The summed E-state index contributed by atoms with van der Waals surface area (Å²) in [5, 5.41) is 2.70. The van der Waals surface area contributed by atoms with Crippen molar-refractivity contribution >= 4 is 45.9 Å². The van der Waals surface area contributed by atoms with E-state index >= 15 is 0 Å². The fourth-order valence-corrected chi connectivity index (χ4v) is 3.97. The number of carbonyl (C=O) groups is 1. The SMILES string of the molecule is O=C(CSc1nc2ccccc2c(=O)n1-c1ccc(F)cc1F)Nc1ccc(F)c(Cl)c1. The molecule has 0 aliphatic rings. The van der Waals surface area contributed by atoms with Crippen molar-refractivity contribution in [3.63, 3.8) is 0 Å². The Hall–Kier alpha value is -3.30. The molecule has 0 aliphatic heterocycles. The zero-order valence-corrected chi connectivity index (χ0v) is 17.7. The molecule has 1 amide bonds. The molecule has 3 aromatic carbocycles. The molecule has 1 aromatic heterocycles. The van der Waals surface area contributed by atoms with Crippen LogP contribution in [0.25, 0.3) is 16.6 Å². The summed E-state index contributed by atoms with van der Waals surface area (Å²) in [5.41, 5.74) is -0.0999. The second-order valence-corrected chi connectivity index (χ2v) is 7.96. The molecule has 0 radical (unpaired) electrons. The summed E-state index contributed by atoms with van der Waals surface area (Å²) in [6.45, 7) is 0. The second-order valence-electron chi connectivity index (χ2n) is 6.61. The summed E-state index contributed by atoms with van der Waals surface area (Å²) < 4.78 is 42.2. The number of para-hydroxylation sites is 1. The van der Waals surface area contributed by atoms with Crippen LogP contribution in [0.5, 0.6) is 0 Å². The number of nitrogens with one attached hydrogen (secondary N) is 1. The van der Waals surface area contributed by atoms with E-state index in [1.807, 2.05) is 0 Å². The second kappa shape index (κ2) is 9.05. The Labute approximate surface area is 188 Å². The lowest BCUT2D eigenvalue weighted by molar-refractivity contribution is -0.113. The van der Waals surface area contributed by atoms with Gasteiger partial charge in [-0.2, -0.15) is 0 Å². The van der Waals surface area contributed by atoms with Gasteiger partial charge >= 0.3 is 0 Å². The van der Waals surface area contributed by atoms with Gasteiger partial charge in [-0.3, -0.25) is 14.2 Å². The number of halogens is 4. The molecule has 0 bridgehead atoms. The van der Waals surface area contributed by atoms with Gasteiger partial charge in [0.25, 0.3) is 5.56 Å². The Kier molecular flexibility index (Phi) is 6.20. The average molecular weight is 476 g/mol. The molecule has 1 heterocycles. The lowest BCUT2D eigenvalue weighted by Crippen LogP contribution is -2.23. The molecule has 5 nitrogen and oxygen atoms in total. The first-order valence-corrected chi connectivity index (χ1v) is 10.5. The van der Waals surface area contributed by atoms with Crippen molar-refractivity contribution in [3.8, 4) is 5.69 Å². The molecule has 162 valence electrons. The number of aromatic nitrogens is 2. The first-order valence-electron chi connectivity index (χ1n) is 9.18. The zero-order valence-electron chi connectivity index (χ0n) is 16.1. The van der Waals surface area contributed by atoms with Crippen molar-refractivity contribution in [1.29, 1.82) is 0 Å². The maximum Gasteiger partial charge on any atom is 0.266 e. The van der Waals surface area contributed by atoms with Gasteiger partial charge in [0.2, 0.25) is 5.91 Å². The van der Waals surface area contributed by atoms with Crippen LogP contribution < -0.4 is 10.9 Å². The van der Waals surface area contributed by atoms with Crippen molar-refractivity contribution in [2.75, 3.05) is 11.1 Å². The van der Waals surface area contributed by atoms with Gasteiger partial charge in [-0.25, -0.2) is 18.2 Å². The van der Waals surface area contributed by atoms with Crippen molar-refractivity contribution in [3.05, 3.63) is 93.5 Å². The fraction of sp³-hybridized carbons (Fsp3) is 0.0455. The quantitative estimate of drug-likeness (QED) is 0.319. The third-order valence-electron chi connectivity index (χ3n) is 4.43. The van der Waals surface area contributed by atoms with Crippen molar-refractivity contribution < 1.29 is 18.0 Å². The standard InChI is InChI=1S/C22H13ClF3N3O2S/c23-15-10-13(6-7-16(15)25)27-20(30)11-32-22-28-18-4-2-1-3-14(18)21(31)29(22)19-8-5-12(24)9-17(19)26/h1-10H,11H2,(H,27,30). The summed E-state index contributed by atoms with van der Waals surface area (Å²) in [4.78, 5) is 29.9. The lowest BCUT2D eigenvalue weighted by atomic mass is 10.2. The Morgan fingerprint density at radius 2 is 1.81 bits per heavy atom. The van der Waals surface area contributed by atoms with E-state index in [0.29, 0.717) is 11.6 Å². The zero-order chi connectivity index (χ0) is 22.8. The number of hydrogen-bond donors (Lipinski definition) is 1. The minimum absolute atomic E-state index is 0.0477. The number of amides is 1. The number of fused-ring (bicyclic) bond motifs is 1. The van der Waals surface area contributed by atoms with Crippen LogP contribution in [0.3, 0.4) is 0 Å². The number of carbonyl (C=O) groups excluding carboxylic acids is 1. The van der Waals surface area contributed by atoms with Gasteiger partial charge in [0.05, 0.1) is 27.4 Å². The molecule has 4 rings (SSSR count). The summed E-state index contributed by atoms with van der Waals surface area (Å²) in [6, 6.07) is 13.0. The normalized spacial score (nSPS) is 11.0. The van der Waals surface area contributed by atoms with Crippen LogP contribution in [0.1, 0.15) is 0 Å². The molecule has 1 N–H and O–H groups in total. The van der Waals surface area contributed by atoms with E-state index in [-0.39, 0.29) is 32.7 Å². The molecule has 10 heteroatoms. The van der Waals surface area contributed by atoms with Crippen LogP contribution >= 0.6 is 23.4 Å². The van der Waals surface area contributed by atoms with E-state index in [1.165, 1.54) is 12.1 Å². The molecule has 4 aromatic rings. The van der Waals surface area contributed by atoms with Crippen molar-refractivity contribution in [2.45, 2.75) is 5.16 Å². The highest BCUT2D eigenvalue weighted by molar-refractivity contribution is 7.99. The predicted molar refractivity (Wildman–Crippen MR) is 118 cm³/mol. The summed E-state index contributed by atoms with van der Waals surface area (Å²) in [7, 11) is 0. The van der Waals surface area contributed by atoms with Crippen LogP contribution in [0.4, 0.5) is 18.9 Å². The van der Waals surface area contributed by atoms with E-state index in [0.717, 1.165) is 34.5 Å². The Morgan fingerprint density at radius 3 is 2.56 bits per heavy atom. The molecule has 0 fully saturated rings. The number of rotatable bonds is 5. The van der Waals surface area contributed by atoms with Crippen LogP contribution in [0.2, 0.25) is 5.02 Å². The minimum Gasteiger partial charge on any atom is -0.325 e. The number of nitrogens with zero attached hydrogens (tertiary/aromatic N) is 2. The highest BCUT2D eigenvalue weighted by atomic mass is 35.5. The van der Waals surface area contributed by atoms with Gasteiger partial charge in [0, 0.05) is 11.8 Å². The minimum atomic E-state index is -0.948. The number of benzene rings is 3. The molecule has 0 spiro atoms. The van der Waals surface area contributed by atoms with Crippen LogP contribution in [-0.2, 0) is 4.79 Å². The van der Waals surface area contributed by atoms with Gasteiger partial charge in [0.15, 0.2) is 5.16 Å². The molecule has 0 saturated heterocycles. The fourth-order valence-electron chi connectivity index (χ4n) is 2.99. The maximum atomic E-state index is 14.5. The number of hydrogen-bond acceptors (Lipinski definition) is 4. The maximum absolute atomic E-state index is 14.5. The highest BCUT2D eigenvalue weighted by Gasteiger charge is 2.18. The molecule has 0 aliphatic carbocycles. The van der Waals surface area contributed by atoms with E-state index in [1.54, 1.807) is 24.3 Å². The van der Waals surface area contributed by atoms with E-state index in [4.69, 9.17) is 11.6 Å². The predicted octanol–water partition coefficient (Wildman–Crippen LogP) is 5.19. The van der Waals surface area contributed by atoms with Gasteiger partial charge in [-0.05, 0) is 42.5 Å². The highest BCUT2D eigenvalue weighted by Crippen LogP contribution is 2.24. The van der Waals surface area contributed by atoms with E-state index in [2.05, 4.69) is 10.3 Å². The van der Waals surface area contributed by atoms with Gasteiger partial charge in [0.1, 0.15) is 17.5 Å². The lowest BCUT2D eigenvalue weighted by Gasteiger charge is -2.14. The molecular weight excluding hydrogens is 463 g/mol. The summed E-state index contributed by atoms with van der Waals surface area (Å²) >= 11 is 6.61. The Balaban J connectivity index is 1.68. The molecule has 0 atom stereocenters.